The first-order valence-corrected chi connectivity index (χ1v) is 7.90. The SMILES string of the molecule is COC(=O)c1ccc(CNC(=O)NCCc2ccccc2Cl)cc1. The van der Waals surface area contributed by atoms with Gasteiger partial charge in [-0.3, -0.25) is 0 Å². The fraction of sp³-hybridized carbons (Fsp3) is 0.222. The Labute approximate surface area is 146 Å². The standard InChI is InChI=1S/C18H19ClN2O3/c1-24-17(22)15-8-6-13(7-9-15)12-21-18(23)20-11-10-14-4-2-3-5-16(14)19/h2-9H,10-12H2,1H3,(H2,20,21,23). The predicted octanol–water partition coefficient (Wildman–Crippen LogP) is 3.17. The van der Waals surface area contributed by atoms with Crippen molar-refractivity contribution in [3.8, 4) is 0 Å². The Morgan fingerprint density at radius 2 is 1.75 bits per heavy atom. The van der Waals surface area contributed by atoms with Gasteiger partial charge in [-0.05, 0) is 35.7 Å². The second kappa shape index (κ2) is 8.93. The number of methoxy groups -OCH3 is 1. The van der Waals surface area contributed by atoms with E-state index in [4.69, 9.17) is 11.6 Å². The number of ether oxygens (including phenoxy) is 1. The number of urea groups is 1. The number of benzene rings is 2. The predicted molar refractivity (Wildman–Crippen MR) is 93.2 cm³/mol. The fourth-order valence-electron chi connectivity index (χ4n) is 2.13. The molecule has 0 fully saturated rings. The van der Waals surface area contributed by atoms with Crippen LogP contribution in [0.2, 0.25) is 5.02 Å². The van der Waals surface area contributed by atoms with Crippen molar-refractivity contribution in [2.45, 2.75) is 13.0 Å². The van der Waals surface area contributed by atoms with E-state index in [1.54, 1.807) is 24.3 Å². The van der Waals surface area contributed by atoms with Gasteiger partial charge in [0.15, 0.2) is 0 Å². The quantitative estimate of drug-likeness (QED) is 0.789. The van der Waals surface area contributed by atoms with Gasteiger partial charge < -0.3 is 15.4 Å². The zero-order valence-corrected chi connectivity index (χ0v) is 14.1. The van der Waals surface area contributed by atoms with Gasteiger partial charge in [0.25, 0.3) is 0 Å². The molecule has 0 aliphatic carbocycles. The molecule has 5 nitrogen and oxygen atoms in total. The third-order valence-corrected chi connectivity index (χ3v) is 3.83. The molecular weight excluding hydrogens is 328 g/mol. The van der Waals surface area contributed by atoms with Gasteiger partial charge in [-0.25, -0.2) is 9.59 Å². The summed E-state index contributed by atoms with van der Waals surface area (Å²) in [4.78, 5) is 23.1. The number of rotatable bonds is 6. The first-order valence-electron chi connectivity index (χ1n) is 7.52. The Hall–Kier alpha value is -2.53. The summed E-state index contributed by atoms with van der Waals surface area (Å²) in [6.07, 6.45) is 0.668. The number of carbonyl (C=O) groups is 2. The molecule has 0 aliphatic rings. The summed E-state index contributed by atoms with van der Waals surface area (Å²) < 4.78 is 4.64. The molecule has 0 unspecified atom stereocenters. The number of amides is 2. The topological polar surface area (TPSA) is 67.4 Å². The first-order chi connectivity index (χ1) is 11.6. The Morgan fingerprint density at radius 3 is 2.42 bits per heavy atom. The normalized spacial score (nSPS) is 10.1. The van der Waals surface area contributed by atoms with Crippen LogP contribution < -0.4 is 10.6 Å². The third-order valence-electron chi connectivity index (χ3n) is 3.47. The lowest BCUT2D eigenvalue weighted by Crippen LogP contribution is -2.36. The average molecular weight is 347 g/mol. The average Bonchev–Trinajstić information content (AvgIpc) is 2.61. The number of hydrogen-bond acceptors (Lipinski definition) is 3. The summed E-state index contributed by atoms with van der Waals surface area (Å²) in [6, 6.07) is 14.2. The van der Waals surface area contributed by atoms with Crippen molar-refractivity contribution in [2.75, 3.05) is 13.7 Å². The molecule has 126 valence electrons. The second-order valence-electron chi connectivity index (χ2n) is 5.14. The first kappa shape index (κ1) is 17.8. The van der Waals surface area contributed by atoms with Crippen molar-refractivity contribution in [1.29, 1.82) is 0 Å². The lowest BCUT2D eigenvalue weighted by atomic mass is 10.1. The van der Waals surface area contributed by atoms with Crippen LogP contribution in [-0.2, 0) is 17.7 Å². The summed E-state index contributed by atoms with van der Waals surface area (Å²) in [5.74, 6) is -0.383. The molecule has 0 radical (unpaired) electrons. The highest BCUT2D eigenvalue weighted by molar-refractivity contribution is 6.31. The van der Waals surface area contributed by atoms with E-state index in [0.717, 1.165) is 11.1 Å². The van der Waals surface area contributed by atoms with E-state index in [1.165, 1.54) is 7.11 Å². The maximum Gasteiger partial charge on any atom is 0.337 e. The molecule has 0 bridgehead atoms. The Bertz CT molecular complexity index is 702. The van der Waals surface area contributed by atoms with Crippen LogP contribution in [-0.4, -0.2) is 25.7 Å². The number of esters is 1. The maximum absolute atomic E-state index is 11.8. The molecule has 2 aromatic rings. The highest BCUT2D eigenvalue weighted by Gasteiger charge is 2.05. The molecule has 2 amide bonds. The van der Waals surface area contributed by atoms with Gasteiger partial charge in [-0.2, -0.15) is 0 Å². The number of halogens is 1. The van der Waals surface area contributed by atoms with Crippen LogP contribution in [0.15, 0.2) is 48.5 Å². The molecule has 0 saturated carbocycles. The van der Waals surface area contributed by atoms with Crippen LogP contribution in [0.1, 0.15) is 21.5 Å². The Kier molecular flexibility index (Phi) is 6.63. The molecule has 0 atom stereocenters. The molecule has 0 aromatic heterocycles. The van der Waals surface area contributed by atoms with E-state index >= 15 is 0 Å². The van der Waals surface area contributed by atoms with Crippen molar-refractivity contribution >= 4 is 23.6 Å². The van der Waals surface area contributed by atoms with E-state index in [2.05, 4.69) is 15.4 Å². The molecule has 0 heterocycles. The largest absolute Gasteiger partial charge is 0.465 e. The van der Waals surface area contributed by atoms with Gasteiger partial charge in [-0.1, -0.05) is 41.9 Å². The molecule has 0 saturated heterocycles. The summed E-state index contributed by atoms with van der Waals surface area (Å²) in [5.41, 5.74) is 2.37. The van der Waals surface area contributed by atoms with Gasteiger partial charge in [0.05, 0.1) is 12.7 Å². The van der Waals surface area contributed by atoms with Crippen LogP contribution in [0, 0.1) is 0 Å². The minimum absolute atomic E-state index is 0.251. The van der Waals surface area contributed by atoms with Gasteiger partial charge in [0, 0.05) is 18.1 Å². The summed E-state index contributed by atoms with van der Waals surface area (Å²) in [5, 5.41) is 6.25. The van der Waals surface area contributed by atoms with E-state index in [0.29, 0.717) is 30.1 Å². The number of nitrogens with one attached hydrogen (secondary N) is 2. The van der Waals surface area contributed by atoms with Crippen molar-refractivity contribution in [3.05, 3.63) is 70.2 Å². The van der Waals surface area contributed by atoms with Gasteiger partial charge in [-0.15, -0.1) is 0 Å². The zero-order valence-electron chi connectivity index (χ0n) is 13.3. The monoisotopic (exact) mass is 346 g/mol. The molecule has 24 heavy (non-hydrogen) atoms. The summed E-state index contributed by atoms with van der Waals surface area (Å²) >= 11 is 6.06. The molecule has 2 rings (SSSR count). The molecular formula is C18H19ClN2O3. The van der Waals surface area contributed by atoms with E-state index < -0.39 is 0 Å². The maximum atomic E-state index is 11.8. The highest BCUT2D eigenvalue weighted by Crippen LogP contribution is 2.14. The van der Waals surface area contributed by atoms with Crippen molar-refractivity contribution in [2.24, 2.45) is 0 Å². The van der Waals surface area contributed by atoms with Crippen LogP contribution in [0.25, 0.3) is 0 Å². The third kappa shape index (κ3) is 5.28. The van der Waals surface area contributed by atoms with Crippen LogP contribution in [0.5, 0.6) is 0 Å². The summed E-state index contributed by atoms with van der Waals surface area (Å²) in [6.45, 7) is 0.871. The van der Waals surface area contributed by atoms with E-state index in [1.807, 2.05) is 24.3 Å². The fourth-order valence-corrected chi connectivity index (χ4v) is 2.36. The second-order valence-corrected chi connectivity index (χ2v) is 5.55. The Morgan fingerprint density at radius 1 is 1.04 bits per heavy atom. The minimum Gasteiger partial charge on any atom is -0.465 e. The van der Waals surface area contributed by atoms with Gasteiger partial charge in [0.1, 0.15) is 0 Å². The summed E-state index contributed by atoms with van der Waals surface area (Å²) in [7, 11) is 1.34. The minimum atomic E-state index is -0.383. The van der Waals surface area contributed by atoms with Crippen LogP contribution >= 0.6 is 11.6 Å². The molecule has 2 aromatic carbocycles. The van der Waals surface area contributed by atoms with Crippen molar-refractivity contribution in [1.82, 2.24) is 10.6 Å². The lowest BCUT2D eigenvalue weighted by molar-refractivity contribution is 0.0600. The molecule has 0 aliphatic heterocycles. The van der Waals surface area contributed by atoms with E-state index in [9.17, 15) is 9.59 Å². The molecule has 0 spiro atoms. The Balaban J connectivity index is 1.73. The highest BCUT2D eigenvalue weighted by atomic mass is 35.5. The van der Waals surface area contributed by atoms with Crippen LogP contribution in [0.3, 0.4) is 0 Å². The van der Waals surface area contributed by atoms with Crippen molar-refractivity contribution in [3.63, 3.8) is 0 Å². The lowest BCUT2D eigenvalue weighted by Gasteiger charge is -2.09. The zero-order chi connectivity index (χ0) is 17.4. The number of hydrogen-bond donors (Lipinski definition) is 2. The number of carbonyl (C=O) groups excluding carboxylic acids is 2. The van der Waals surface area contributed by atoms with Gasteiger partial charge in [0.2, 0.25) is 0 Å². The van der Waals surface area contributed by atoms with Crippen LogP contribution in [0.4, 0.5) is 4.79 Å². The van der Waals surface area contributed by atoms with Gasteiger partial charge >= 0.3 is 12.0 Å². The van der Waals surface area contributed by atoms with E-state index in [-0.39, 0.29) is 12.0 Å². The molecule has 6 heteroatoms. The molecule has 2 N–H and O–H groups in total. The van der Waals surface area contributed by atoms with Crippen molar-refractivity contribution < 1.29 is 14.3 Å². The smallest absolute Gasteiger partial charge is 0.337 e.